The highest BCUT2D eigenvalue weighted by Crippen LogP contribution is 2.37. The van der Waals surface area contributed by atoms with Gasteiger partial charge in [-0.1, -0.05) is 55.4 Å². The van der Waals surface area contributed by atoms with Gasteiger partial charge >= 0.3 is 0 Å². The molecular formula is C14H30O. The summed E-state index contributed by atoms with van der Waals surface area (Å²) >= 11 is 0. The number of rotatable bonds is 4. The van der Waals surface area contributed by atoms with Crippen molar-refractivity contribution in [2.75, 3.05) is 0 Å². The Hall–Kier alpha value is -0.0400. The molecule has 92 valence electrons. The van der Waals surface area contributed by atoms with Gasteiger partial charge in [0.15, 0.2) is 0 Å². The van der Waals surface area contributed by atoms with E-state index < -0.39 is 0 Å². The van der Waals surface area contributed by atoms with Gasteiger partial charge < -0.3 is 5.11 Å². The molecule has 1 heteroatoms. The summed E-state index contributed by atoms with van der Waals surface area (Å²) < 4.78 is 0. The molecule has 0 spiro atoms. The Kier molecular flexibility index (Phi) is 4.85. The Morgan fingerprint density at radius 1 is 0.933 bits per heavy atom. The van der Waals surface area contributed by atoms with E-state index in [0.717, 1.165) is 6.42 Å². The zero-order valence-corrected chi connectivity index (χ0v) is 11.9. The highest BCUT2D eigenvalue weighted by atomic mass is 16.3. The number of aliphatic hydroxyl groups is 1. The topological polar surface area (TPSA) is 20.2 Å². The molecule has 1 N–H and O–H groups in total. The quantitative estimate of drug-likeness (QED) is 0.747. The monoisotopic (exact) mass is 214 g/mol. The van der Waals surface area contributed by atoms with Crippen molar-refractivity contribution in [2.45, 2.75) is 67.9 Å². The van der Waals surface area contributed by atoms with Crippen LogP contribution in [0.25, 0.3) is 0 Å². The predicted molar refractivity (Wildman–Crippen MR) is 67.9 cm³/mol. The summed E-state index contributed by atoms with van der Waals surface area (Å²) in [6, 6.07) is 0. The minimum absolute atomic E-state index is 0.187. The van der Waals surface area contributed by atoms with Gasteiger partial charge in [-0.15, -0.1) is 0 Å². The molecule has 0 amide bonds. The highest BCUT2D eigenvalue weighted by molar-refractivity contribution is 4.83. The van der Waals surface area contributed by atoms with Crippen molar-refractivity contribution in [1.29, 1.82) is 0 Å². The zero-order chi connectivity index (χ0) is 12.4. The minimum Gasteiger partial charge on any atom is -0.393 e. The lowest BCUT2D eigenvalue weighted by atomic mass is 9.70. The highest BCUT2D eigenvalue weighted by Gasteiger charge is 2.32. The van der Waals surface area contributed by atoms with Crippen molar-refractivity contribution < 1.29 is 5.11 Å². The third-order valence-corrected chi connectivity index (χ3v) is 4.24. The molecule has 0 fully saturated rings. The molecule has 0 heterocycles. The average molecular weight is 214 g/mol. The first-order chi connectivity index (χ1) is 6.48. The summed E-state index contributed by atoms with van der Waals surface area (Å²) in [7, 11) is 0. The molecule has 0 aromatic rings. The fraction of sp³-hybridized carbons (Fsp3) is 1.00. The Bertz CT molecular complexity index is 186. The van der Waals surface area contributed by atoms with Gasteiger partial charge in [0.25, 0.3) is 0 Å². The number of aliphatic hydroxyl groups excluding tert-OH is 1. The maximum atomic E-state index is 10.2. The first-order valence-electron chi connectivity index (χ1n) is 6.16. The molecule has 0 saturated heterocycles. The van der Waals surface area contributed by atoms with Crippen molar-refractivity contribution in [3.05, 3.63) is 0 Å². The molecule has 0 saturated carbocycles. The molecule has 1 nitrogen and oxygen atoms in total. The second-order valence-corrected chi connectivity index (χ2v) is 7.07. The maximum absolute atomic E-state index is 10.2. The van der Waals surface area contributed by atoms with Crippen LogP contribution in [0.5, 0.6) is 0 Å². The fourth-order valence-corrected chi connectivity index (χ4v) is 1.53. The van der Waals surface area contributed by atoms with Crippen molar-refractivity contribution in [2.24, 2.45) is 22.7 Å². The van der Waals surface area contributed by atoms with E-state index in [-0.39, 0.29) is 16.9 Å². The van der Waals surface area contributed by atoms with Crippen LogP contribution in [-0.2, 0) is 0 Å². The van der Waals surface area contributed by atoms with Crippen LogP contribution >= 0.6 is 0 Å². The van der Waals surface area contributed by atoms with Crippen LogP contribution in [-0.4, -0.2) is 11.2 Å². The average Bonchev–Trinajstić information content (AvgIpc) is 2.00. The van der Waals surface area contributed by atoms with E-state index in [9.17, 15) is 5.11 Å². The SMILES string of the molecule is CC(C(O)CC(C)(C)C(C)C)C(C)(C)C. The Balaban J connectivity index is 4.43. The lowest BCUT2D eigenvalue weighted by molar-refractivity contribution is 0.00994. The van der Waals surface area contributed by atoms with Gasteiger partial charge in [0.1, 0.15) is 0 Å². The lowest BCUT2D eigenvalue weighted by Crippen LogP contribution is -2.35. The molecule has 0 aromatic carbocycles. The number of hydrogen-bond donors (Lipinski definition) is 1. The summed E-state index contributed by atoms with van der Waals surface area (Å²) in [4.78, 5) is 0. The van der Waals surface area contributed by atoms with Crippen LogP contribution in [0.3, 0.4) is 0 Å². The third kappa shape index (κ3) is 4.55. The second-order valence-electron chi connectivity index (χ2n) is 7.07. The minimum atomic E-state index is -0.192. The molecule has 0 aliphatic carbocycles. The van der Waals surface area contributed by atoms with Gasteiger partial charge in [0, 0.05) is 0 Å². The molecule has 0 radical (unpaired) electrons. The Morgan fingerprint density at radius 2 is 1.33 bits per heavy atom. The molecule has 0 bridgehead atoms. The van der Waals surface area contributed by atoms with Gasteiger partial charge in [-0.3, -0.25) is 0 Å². The van der Waals surface area contributed by atoms with E-state index in [0.29, 0.717) is 11.8 Å². The van der Waals surface area contributed by atoms with Gasteiger partial charge in [0.05, 0.1) is 6.10 Å². The summed E-state index contributed by atoms with van der Waals surface area (Å²) in [5.74, 6) is 0.954. The fourth-order valence-electron chi connectivity index (χ4n) is 1.53. The third-order valence-electron chi connectivity index (χ3n) is 4.24. The summed E-state index contributed by atoms with van der Waals surface area (Å²) in [5.41, 5.74) is 0.408. The first-order valence-corrected chi connectivity index (χ1v) is 6.16. The van der Waals surface area contributed by atoms with Crippen LogP contribution < -0.4 is 0 Å². The summed E-state index contributed by atoms with van der Waals surface area (Å²) in [6.45, 7) is 17.7. The number of hydrogen-bond acceptors (Lipinski definition) is 1. The summed E-state index contributed by atoms with van der Waals surface area (Å²) in [6.07, 6.45) is 0.700. The normalized spacial score (nSPS) is 18.0. The van der Waals surface area contributed by atoms with Crippen molar-refractivity contribution in [3.63, 3.8) is 0 Å². The van der Waals surface area contributed by atoms with Crippen LogP contribution in [0.1, 0.15) is 61.8 Å². The van der Waals surface area contributed by atoms with Gasteiger partial charge in [0.2, 0.25) is 0 Å². The predicted octanol–water partition coefficient (Wildman–Crippen LogP) is 4.10. The van der Waals surface area contributed by atoms with Crippen molar-refractivity contribution in [1.82, 2.24) is 0 Å². The Labute approximate surface area is 96.3 Å². The van der Waals surface area contributed by atoms with Crippen LogP contribution in [0.15, 0.2) is 0 Å². The van der Waals surface area contributed by atoms with Crippen molar-refractivity contribution in [3.8, 4) is 0 Å². The maximum Gasteiger partial charge on any atom is 0.0575 e. The molecule has 2 unspecified atom stereocenters. The van der Waals surface area contributed by atoms with Gasteiger partial charge in [-0.05, 0) is 29.1 Å². The smallest absolute Gasteiger partial charge is 0.0575 e. The molecule has 0 aliphatic rings. The molecule has 0 aromatic heterocycles. The molecule has 15 heavy (non-hydrogen) atoms. The van der Waals surface area contributed by atoms with E-state index in [2.05, 4.69) is 55.4 Å². The largest absolute Gasteiger partial charge is 0.393 e. The van der Waals surface area contributed by atoms with Crippen LogP contribution in [0, 0.1) is 22.7 Å². The van der Waals surface area contributed by atoms with E-state index in [1.807, 2.05) is 0 Å². The van der Waals surface area contributed by atoms with E-state index >= 15 is 0 Å². The van der Waals surface area contributed by atoms with Crippen molar-refractivity contribution >= 4 is 0 Å². The molecule has 2 atom stereocenters. The zero-order valence-electron chi connectivity index (χ0n) is 11.9. The van der Waals surface area contributed by atoms with E-state index in [1.54, 1.807) is 0 Å². The summed E-state index contributed by atoms with van der Waals surface area (Å²) in [5, 5.41) is 10.2. The first kappa shape index (κ1) is 15.0. The molecule has 0 aliphatic heterocycles. The molecular weight excluding hydrogens is 184 g/mol. The lowest BCUT2D eigenvalue weighted by Gasteiger charge is -2.37. The van der Waals surface area contributed by atoms with Crippen LogP contribution in [0.4, 0.5) is 0 Å². The van der Waals surface area contributed by atoms with E-state index in [1.165, 1.54) is 0 Å². The van der Waals surface area contributed by atoms with E-state index in [4.69, 9.17) is 0 Å². The van der Waals surface area contributed by atoms with Gasteiger partial charge in [-0.2, -0.15) is 0 Å². The Morgan fingerprint density at radius 3 is 1.60 bits per heavy atom. The second kappa shape index (κ2) is 4.86. The van der Waals surface area contributed by atoms with Gasteiger partial charge in [-0.25, -0.2) is 0 Å². The molecule has 0 rings (SSSR count). The standard InChI is InChI=1S/C14H30O/c1-10(2)14(7,8)9-12(15)11(3)13(4,5)6/h10-12,15H,9H2,1-8H3. The van der Waals surface area contributed by atoms with Crippen LogP contribution in [0.2, 0.25) is 0 Å².